The van der Waals surface area contributed by atoms with Crippen LogP contribution in [0.2, 0.25) is 0 Å². The molecule has 1 unspecified atom stereocenters. The third kappa shape index (κ3) is 2.84. The topological polar surface area (TPSA) is 77.9 Å². The molecule has 0 spiro atoms. The van der Waals surface area contributed by atoms with E-state index in [0.717, 1.165) is 32.9 Å². The predicted molar refractivity (Wildman–Crippen MR) is 104 cm³/mol. The summed E-state index contributed by atoms with van der Waals surface area (Å²) in [5, 5.41) is 24.4. The molecular weight excluding hydrogens is 358 g/mol. The first kappa shape index (κ1) is 17.8. The van der Waals surface area contributed by atoms with Crippen LogP contribution in [0.25, 0.3) is 10.2 Å². The third-order valence-electron chi connectivity index (χ3n) is 5.13. The van der Waals surface area contributed by atoms with Gasteiger partial charge in [-0.15, -0.1) is 11.3 Å². The van der Waals surface area contributed by atoms with Crippen molar-refractivity contribution in [1.82, 2.24) is 14.7 Å². The van der Waals surface area contributed by atoms with Gasteiger partial charge in [0.05, 0.1) is 64.5 Å². The molecule has 7 heteroatoms. The Balaban J connectivity index is 1.93. The number of allylic oxidation sites excluding steroid dienone is 3. The Morgan fingerprint density at radius 2 is 2.11 bits per heavy atom. The Morgan fingerprint density at radius 3 is 2.78 bits per heavy atom. The molecule has 2 aliphatic heterocycles. The van der Waals surface area contributed by atoms with Crippen LogP contribution >= 0.6 is 11.3 Å². The van der Waals surface area contributed by atoms with Crippen LogP contribution in [-0.2, 0) is 11.8 Å². The number of nitrogens with zero attached hydrogens (tertiary/aromatic N) is 5. The molecule has 0 N–H and O–H groups in total. The zero-order valence-corrected chi connectivity index (χ0v) is 16.5. The summed E-state index contributed by atoms with van der Waals surface area (Å²) in [7, 11) is 1.91. The first-order valence-electron chi connectivity index (χ1n) is 9.08. The van der Waals surface area contributed by atoms with Crippen LogP contribution in [0.5, 0.6) is 0 Å². The van der Waals surface area contributed by atoms with Crippen LogP contribution in [0.15, 0.2) is 34.8 Å². The van der Waals surface area contributed by atoms with Crippen molar-refractivity contribution in [2.45, 2.75) is 26.2 Å². The maximum atomic E-state index is 10.1. The Labute approximate surface area is 162 Å². The van der Waals surface area contributed by atoms with Gasteiger partial charge in [0.25, 0.3) is 0 Å². The van der Waals surface area contributed by atoms with Gasteiger partial charge in [-0.3, -0.25) is 4.68 Å². The second kappa shape index (κ2) is 6.84. The SMILES string of the molecule is CC(C)CC1=C(C#N)C(c2cc3c(cnn3C)s2)C(C#N)=C2COCCN21. The van der Waals surface area contributed by atoms with Crippen molar-refractivity contribution >= 4 is 21.6 Å². The molecule has 0 aromatic carbocycles. The van der Waals surface area contributed by atoms with Crippen LogP contribution in [0.4, 0.5) is 0 Å². The highest BCUT2D eigenvalue weighted by atomic mass is 32.1. The van der Waals surface area contributed by atoms with Crippen molar-refractivity contribution < 1.29 is 4.74 Å². The minimum atomic E-state index is -0.320. The fraction of sp³-hybridized carbons (Fsp3) is 0.450. The van der Waals surface area contributed by atoms with E-state index >= 15 is 0 Å². The Bertz CT molecular complexity index is 1040. The summed E-state index contributed by atoms with van der Waals surface area (Å²) < 4.78 is 8.57. The maximum absolute atomic E-state index is 10.1. The lowest BCUT2D eigenvalue weighted by Gasteiger charge is -2.40. The van der Waals surface area contributed by atoms with E-state index in [1.54, 1.807) is 11.3 Å². The van der Waals surface area contributed by atoms with Gasteiger partial charge in [-0.05, 0) is 18.4 Å². The molecule has 1 atom stereocenters. The van der Waals surface area contributed by atoms with Crippen LogP contribution in [0.1, 0.15) is 31.1 Å². The van der Waals surface area contributed by atoms with Gasteiger partial charge in [0, 0.05) is 24.2 Å². The van der Waals surface area contributed by atoms with Crippen LogP contribution in [0.3, 0.4) is 0 Å². The number of hydrogen-bond donors (Lipinski definition) is 0. The molecule has 1 saturated heterocycles. The van der Waals surface area contributed by atoms with Gasteiger partial charge in [-0.25, -0.2) is 0 Å². The molecule has 0 radical (unpaired) electrons. The largest absolute Gasteiger partial charge is 0.373 e. The Morgan fingerprint density at radius 1 is 1.33 bits per heavy atom. The summed E-state index contributed by atoms with van der Waals surface area (Å²) in [6.45, 7) is 6.04. The average Bonchev–Trinajstić information content (AvgIpc) is 3.23. The van der Waals surface area contributed by atoms with Gasteiger partial charge in [-0.2, -0.15) is 15.6 Å². The smallest absolute Gasteiger partial charge is 0.0977 e. The minimum Gasteiger partial charge on any atom is -0.373 e. The average molecular weight is 379 g/mol. The molecule has 0 bridgehead atoms. The zero-order chi connectivity index (χ0) is 19.1. The summed E-state index contributed by atoms with van der Waals surface area (Å²) in [5.74, 6) is 0.0995. The lowest BCUT2D eigenvalue weighted by Crippen LogP contribution is -2.39. The van der Waals surface area contributed by atoms with Gasteiger partial charge in [0.2, 0.25) is 0 Å². The monoisotopic (exact) mass is 379 g/mol. The van der Waals surface area contributed by atoms with E-state index in [9.17, 15) is 10.5 Å². The molecule has 2 aliphatic rings. The number of ether oxygens (including phenoxy) is 1. The number of aromatic nitrogens is 2. The number of nitriles is 2. The van der Waals surface area contributed by atoms with E-state index in [0.29, 0.717) is 36.8 Å². The van der Waals surface area contributed by atoms with E-state index in [2.05, 4.69) is 42.1 Å². The normalized spacial score (nSPS) is 20.2. The second-order valence-corrected chi connectivity index (χ2v) is 8.46. The number of rotatable bonds is 3. The standard InChI is InChI=1S/C20H21N5OS/c1-12(2)6-15-13(8-21)20(14(9-22)17-11-26-5-4-25(15)17)18-7-16-19(27-18)10-23-24(16)3/h7,10,12,20H,4-6,11H2,1-3H3. The summed E-state index contributed by atoms with van der Waals surface area (Å²) in [4.78, 5) is 3.18. The molecular formula is C20H21N5OS. The lowest BCUT2D eigenvalue weighted by molar-refractivity contribution is 0.0811. The zero-order valence-electron chi connectivity index (χ0n) is 15.7. The highest BCUT2D eigenvalue weighted by molar-refractivity contribution is 7.19. The number of thiophene rings is 1. The minimum absolute atomic E-state index is 0.320. The molecule has 27 heavy (non-hydrogen) atoms. The van der Waals surface area contributed by atoms with Crippen molar-refractivity contribution in [3.05, 3.63) is 39.7 Å². The fourth-order valence-corrected chi connectivity index (χ4v) is 5.11. The maximum Gasteiger partial charge on any atom is 0.0977 e. The highest BCUT2D eigenvalue weighted by Gasteiger charge is 2.38. The Kier molecular flexibility index (Phi) is 4.51. The first-order chi connectivity index (χ1) is 13.0. The number of aryl methyl sites for hydroxylation is 1. The molecule has 0 aliphatic carbocycles. The van der Waals surface area contributed by atoms with Crippen molar-refractivity contribution in [3.8, 4) is 12.1 Å². The first-order valence-corrected chi connectivity index (χ1v) is 9.89. The molecule has 0 amide bonds. The van der Waals surface area contributed by atoms with E-state index < -0.39 is 0 Å². The molecule has 1 fully saturated rings. The molecule has 138 valence electrons. The van der Waals surface area contributed by atoms with E-state index in [4.69, 9.17) is 4.74 Å². The summed E-state index contributed by atoms with van der Waals surface area (Å²) in [6.07, 6.45) is 2.65. The van der Waals surface area contributed by atoms with Crippen LogP contribution in [0, 0.1) is 28.6 Å². The lowest BCUT2D eigenvalue weighted by atomic mass is 9.82. The fourth-order valence-electron chi connectivity index (χ4n) is 3.93. The molecule has 4 rings (SSSR count). The van der Waals surface area contributed by atoms with Crippen molar-refractivity contribution in [1.29, 1.82) is 10.5 Å². The summed E-state index contributed by atoms with van der Waals surface area (Å²) in [5.41, 5.74) is 4.33. The van der Waals surface area contributed by atoms with E-state index in [-0.39, 0.29) is 5.92 Å². The molecule has 2 aromatic heterocycles. The van der Waals surface area contributed by atoms with Crippen LogP contribution < -0.4 is 0 Å². The summed E-state index contributed by atoms with van der Waals surface area (Å²) >= 11 is 1.61. The van der Waals surface area contributed by atoms with Crippen molar-refractivity contribution in [2.75, 3.05) is 19.8 Å². The number of fused-ring (bicyclic) bond motifs is 2. The van der Waals surface area contributed by atoms with Gasteiger partial charge < -0.3 is 9.64 Å². The number of morpholine rings is 1. The van der Waals surface area contributed by atoms with E-state index in [1.807, 2.05) is 17.9 Å². The molecule has 6 nitrogen and oxygen atoms in total. The van der Waals surface area contributed by atoms with Crippen molar-refractivity contribution in [2.24, 2.45) is 13.0 Å². The molecule has 0 saturated carbocycles. The number of hydrogen-bond acceptors (Lipinski definition) is 6. The Hall–Kier alpha value is -2.61. The highest BCUT2D eigenvalue weighted by Crippen LogP contribution is 2.46. The predicted octanol–water partition coefficient (Wildman–Crippen LogP) is 3.67. The van der Waals surface area contributed by atoms with Crippen molar-refractivity contribution in [3.63, 3.8) is 0 Å². The summed E-state index contributed by atoms with van der Waals surface area (Å²) in [6, 6.07) is 6.92. The van der Waals surface area contributed by atoms with Gasteiger partial charge in [0.1, 0.15) is 0 Å². The van der Waals surface area contributed by atoms with E-state index in [1.165, 1.54) is 0 Å². The molecule has 2 aromatic rings. The third-order valence-corrected chi connectivity index (χ3v) is 6.26. The van der Waals surface area contributed by atoms with Gasteiger partial charge in [0.15, 0.2) is 0 Å². The van der Waals surface area contributed by atoms with Crippen LogP contribution in [-0.4, -0.2) is 34.4 Å². The molecule has 4 heterocycles. The second-order valence-electron chi connectivity index (χ2n) is 7.35. The van der Waals surface area contributed by atoms with Gasteiger partial charge in [-0.1, -0.05) is 13.8 Å². The quantitative estimate of drug-likeness (QED) is 0.813. The van der Waals surface area contributed by atoms with Gasteiger partial charge >= 0.3 is 0 Å².